The molecule has 0 saturated carbocycles. The number of hydrogen-bond donors (Lipinski definition) is 1. The Bertz CT molecular complexity index is 459. The molecule has 0 radical (unpaired) electrons. The lowest BCUT2D eigenvalue weighted by molar-refractivity contribution is 0.871. The van der Waals surface area contributed by atoms with Crippen LogP contribution in [0.5, 0.6) is 0 Å². The van der Waals surface area contributed by atoms with Gasteiger partial charge in [0.25, 0.3) is 0 Å². The van der Waals surface area contributed by atoms with E-state index in [0.717, 1.165) is 29.5 Å². The van der Waals surface area contributed by atoms with E-state index in [1.165, 1.54) is 5.69 Å². The molecule has 0 saturated heterocycles. The van der Waals surface area contributed by atoms with Crippen LogP contribution in [0.1, 0.15) is 29.7 Å². The number of hydrogen-bond acceptors (Lipinski definition) is 2. The molecule has 0 fully saturated rings. The maximum atomic E-state index is 4.47. The SMILES string of the molecule is CCc1c(C)ncn1-c1nc(C)c(C)[nH]1. The molecule has 0 spiro atoms. The molecule has 0 unspecified atom stereocenters. The fourth-order valence-electron chi connectivity index (χ4n) is 1.71. The van der Waals surface area contributed by atoms with E-state index in [4.69, 9.17) is 0 Å². The first-order chi connectivity index (χ1) is 7.13. The highest BCUT2D eigenvalue weighted by Gasteiger charge is 2.10. The Kier molecular flexibility index (Phi) is 2.34. The van der Waals surface area contributed by atoms with E-state index in [9.17, 15) is 0 Å². The van der Waals surface area contributed by atoms with Crippen molar-refractivity contribution in [2.75, 3.05) is 0 Å². The topological polar surface area (TPSA) is 46.5 Å². The predicted octanol–water partition coefficient (Wildman–Crippen LogP) is 2.08. The molecule has 2 heterocycles. The Balaban J connectivity index is 2.53. The van der Waals surface area contributed by atoms with Crippen molar-refractivity contribution in [1.82, 2.24) is 19.5 Å². The highest BCUT2D eigenvalue weighted by atomic mass is 15.2. The van der Waals surface area contributed by atoms with Gasteiger partial charge >= 0.3 is 0 Å². The summed E-state index contributed by atoms with van der Waals surface area (Å²) in [7, 11) is 0. The van der Waals surface area contributed by atoms with Crippen molar-refractivity contribution in [3.05, 3.63) is 29.1 Å². The first kappa shape index (κ1) is 9.96. The van der Waals surface area contributed by atoms with E-state index in [1.807, 2.05) is 31.7 Å². The summed E-state index contributed by atoms with van der Waals surface area (Å²) in [6, 6.07) is 0. The average molecular weight is 204 g/mol. The van der Waals surface area contributed by atoms with Crippen LogP contribution in [-0.2, 0) is 6.42 Å². The number of nitrogens with zero attached hydrogens (tertiary/aromatic N) is 3. The molecule has 4 heteroatoms. The molecule has 4 nitrogen and oxygen atoms in total. The first-order valence-electron chi connectivity index (χ1n) is 5.20. The Morgan fingerprint density at radius 2 is 2.00 bits per heavy atom. The summed E-state index contributed by atoms with van der Waals surface area (Å²) >= 11 is 0. The van der Waals surface area contributed by atoms with E-state index in [-0.39, 0.29) is 0 Å². The molecule has 0 aliphatic heterocycles. The van der Waals surface area contributed by atoms with Crippen molar-refractivity contribution in [3.63, 3.8) is 0 Å². The number of imidazole rings is 2. The number of nitrogens with one attached hydrogen (secondary N) is 1. The van der Waals surface area contributed by atoms with Crippen molar-refractivity contribution < 1.29 is 0 Å². The van der Waals surface area contributed by atoms with Gasteiger partial charge in [-0.15, -0.1) is 0 Å². The molecule has 15 heavy (non-hydrogen) atoms. The van der Waals surface area contributed by atoms with Crippen molar-refractivity contribution >= 4 is 0 Å². The normalized spacial score (nSPS) is 10.9. The van der Waals surface area contributed by atoms with E-state index < -0.39 is 0 Å². The van der Waals surface area contributed by atoms with E-state index in [2.05, 4.69) is 21.9 Å². The summed E-state index contributed by atoms with van der Waals surface area (Å²) < 4.78 is 2.02. The summed E-state index contributed by atoms with van der Waals surface area (Å²) in [5.74, 6) is 0.863. The lowest BCUT2D eigenvalue weighted by atomic mass is 10.3. The third-order valence-corrected chi connectivity index (χ3v) is 2.75. The lowest BCUT2D eigenvalue weighted by Crippen LogP contribution is -2.00. The van der Waals surface area contributed by atoms with Crippen molar-refractivity contribution in [3.8, 4) is 5.95 Å². The largest absolute Gasteiger partial charge is 0.327 e. The zero-order valence-corrected chi connectivity index (χ0v) is 9.63. The summed E-state index contributed by atoms with van der Waals surface area (Å²) in [5.41, 5.74) is 4.43. The maximum absolute atomic E-state index is 4.47. The van der Waals surface area contributed by atoms with Crippen LogP contribution in [0.4, 0.5) is 0 Å². The molecule has 0 aliphatic carbocycles. The summed E-state index contributed by atoms with van der Waals surface area (Å²) in [6.07, 6.45) is 2.79. The zero-order valence-electron chi connectivity index (χ0n) is 9.63. The zero-order chi connectivity index (χ0) is 11.0. The van der Waals surface area contributed by atoms with Crippen molar-refractivity contribution in [1.29, 1.82) is 0 Å². The third kappa shape index (κ3) is 1.56. The monoisotopic (exact) mass is 204 g/mol. The number of H-pyrrole nitrogens is 1. The fraction of sp³-hybridized carbons (Fsp3) is 0.455. The van der Waals surface area contributed by atoms with Gasteiger partial charge in [-0.1, -0.05) is 6.92 Å². The second kappa shape index (κ2) is 3.53. The highest BCUT2D eigenvalue weighted by Crippen LogP contribution is 2.14. The quantitative estimate of drug-likeness (QED) is 0.814. The molecule has 2 aromatic heterocycles. The van der Waals surface area contributed by atoms with Gasteiger partial charge in [-0.05, 0) is 27.2 Å². The Labute approximate surface area is 89.4 Å². The number of rotatable bonds is 2. The lowest BCUT2D eigenvalue weighted by Gasteiger charge is -2.02. The molecule has 0 amide bonds. The number of aryl methyl sites for hydroxylation is 3. The van der Waals surface area contributed by atoms with Gasteiger partial charge < -0.3 is 4.98 Å². The van der Waals surface area contributed by atoms with Crippen molar-refractivity contribution in [2.24, 2.45) is 0 Å². The Morgan fingerprint density at radius 1 is 1.27 bits per heavy atom. The van der Waals surface area contributed by atoms with Gasteiger partial charge in [-0.3, -0.25) is 4.57 Å². The molecule has 0 aromatic carbocycles. The van der Waals surface area contributed by atoms with Crippen LogP contribution in [0.3, 0.4) is 0 Å². The number of aromatic amines is 1. The van der Waals surface area contributed by atoms with Crippen LogP contribution in [0.15, 0.2) is 6.33 Å². The molecule has 0 atom stereocenters. The minimum atomic E-state index is 0.863. The Hall–Kier alpha value is -1.58. The Morgan fingerprint density at radius 3 is 2.53 bits per heavy atom. The highest BCUT2D eigenvalue weighted by molar-refractivity contribution is 5.26. The van der Waals surface area contributed by atoms with E-state index in [0.29, 0.717) is 0 Å². The van der Waals surface area contributed by atoms with Crippen LogP contribution < -0.4 is 0 Å². The van der Waals surface area contributed by atoms with Crippen LogP contribution in [-0.4, -0.2) is 19.5 Å². The molecular weight excluding hydrogens is 188 g/mol. The molecular formula is C11H16N4. The predicted molar refractivity (Wildman–Crippen MR) is 59.3 cm³/mol. The molecule has 0 aliphatic rings. The van der Waals surface area contributed by atoms with Gasteiger partial charge in [-0.25, -0.2) is 9.97 Å². The van der Waals surface area contributed by atoms with Gasteiger partial charge in [0, 0.05) is 11.4 Å². The van der Waals surface area contributed by atoms with Gasteiger partial charge in [0.05, 0.1) is 11.4 Å². The molecule has 0 bridgehead atoms. The minimum absolute atomic E-state index is 0.863. The van der Waals surface area contributed by atoms with Gasteiger partial charge in [0.1, 0.15) is 6.33 Å². The standard InChI is InChI=1S/C11H16N4/c1-5-10-9(4)12-6-15(10)11-13-7(2)8(3)14-11/h6H,5H2,1-4H3,(H,13,14). The smallest absolute Gasteiger partial charge is 0.213 e. The van der Waals surface area contributed by atoms with Crippen LogP contribution in [0.2, 0.25) is 0 Å². The van der Waals surface area contributed by atoms with Crippen LogP contribution >= 0.6 is 0 Å². The third-order valence-electron chi connectivity index (χ3n) is 2.75. The van der Waals surface area contributed by atoms with Gasteiger partial charge in [-0.2, -0.15) is 0 Å². The fourth-order valence-corrected chi connectivity index (χ4v) is 1.71. The molecule has 1 N–H and O–H groups in total. The molecule has 80 valence electrons. The van der Waals surface area contributed by atoms with Gasteiger partial charge in [0.15, 0.2) is 0 Å². The number of aromatic nitrogens is 4. The summed E-state index contributed by atoms with van der Waals surface area (Å²) in [6.45, 7) is 8.19. The molecule has 2 rings (SSSR count). The molecule has 2 aromatic rings. The second-order valence-corrected chi connectivity index (χ2v) is 3.77. The van der Waals surface area contributed by atoms with Crippen molar-refractivity contribution in [2.45, 2.75) is 34.1 Å². The minimum Gasteiger partial charge on any atom is -0.327 e. The summed E-state index contributed by atoms with van der Waals surface area (Å²) in [4.78, 5) is 12.0. The van der Waals surface area contributed by atoms with Crippen LogP contribution in [0.25, 0.3) is 5.95 Å². The maximum Gasteiger partial charge on any atom is 0.213 e. The second-order valence-electron chi connectivity index (χ2n) is 3.77. The van der Waals surface area contributed by atoms with E-state index in [1.54, 1.807) is 0 Å². The first-order valence-corrected chi connectivity index (χ1v) is 5.20. The van der Waals surface area contributed by atoms with E-state index >= 15 is 0 Å². The van der Waals surface area contributed by atoms with Crippen LogP contribution in [0, 0.1) is 20.8 Å². The summed E-state index contributed by atoms with van der Waals surface area (Å²) in [5, 5.41) is 0. The van der Waals surface area contributed by atoms with Gasteiger partial charge in [0.2, 0.25) is 5.95 Å². The average Bonchev–Trinajstić information content (AvgIpc) is 2.71.